The molecule has 0 aliphatic carbocycles. The number of nitrogens with one attached hydrogen (secondary N) is 1. The van der Waals surface area contributed by atoms with Gasteiger partial charge < -0.3 is 5.32 Å². The highest BCUT2D eigenvalue weighted by atomic mass is 16.1. The molecule has 7 nitrogen and oxygen atoms in total. The number of carbonyl (C=O) groups is 1. The predicted molar refractivity (Wildman–Crippen MR) is 63.5 cm³/mol. The Balaban J connectivity index is 2.30. The van der Waals surface area contributed by atoms with E-state index in [2.05, 4.69) is 20.4 Å². The fraction of sp³-hybridized carbons (Fsp3) is 0.600. The summed E-state index contributed by atoms with van der Waals surface area (Å²) >= 11 is 0. The lowest BCUT2D eigenvalue weighted by Crippen LogP contribution is -2.24. The van der Waals surface area contributed by atoms with Gasteiger partial charge in [0.2, 0.25) is 0 Å². The zero-order valence-corrected chi connectivity index (χ0v) is 10.1. The lowest BCUT2D eigenvalue weighted by atomic mass is 10.2. The second kappa shape index (κ2) is 6.55. The van der Waals surface area contributed by atoms with Crippen molar-refractivity contribution < 1.29 is 4.79 Å². The number of azide groups is 1. The number of carbonyl (C=O) groups excluding carboxylic acids is 1. The third kappa shape index (κ3) is 4.16. The molecule has 7 heteroatoms. The van der Waals surface area contributed by atoms with Crippen LogP contribution >= 0.6 is 0 Å². The van der Waals surface area contributed by atoms with Gasteiger partial charge in [-0.15, -0.1) is 0 Å². The highest BCUT2D eigenvalue weighted by Gasteiger charge is 2.11. The van der Waals surface area contributed by atoms with Crippen LogP contribution in [0.1, 0.15) is 28.9 Å². The van der Waals surface area contributed by atoms with Crippen LogP contribution < -0.4 is 5.32 Å². The van der Waals surface area contributed by atoms with Crippen LogP contribution in [0.2, 0.25) is 0 Å². The maximum absolute atomic E-state index is 11.7. The Hall–Kier alpha value is -2.01. The molecule has 0 aromatic carbocycles. The molecule has 0 bridgehead atoms. The largest absolute Gasteiger partial charge is 0.352 e. The molecule has 0 spiro atoms. The van der Waals surface area contributed by atoms with Gasteiger partial charge in [-0.2, -0.15) is 5.10 Å². The molecule has 0 aliphatic rings. The van der Waals surface area contributed by atoms with Gasteiger partial charge in [0.05, 0.1) is 11.3 Å². The molecule has 1 amide bonds. The summed E-state index contributed by atoms with van der Waals surface area (Å²) in [6.45, 7) is 2.85. The van der Waals surface area contributed by atoms with Crippen LogP contribution in [0.25, 0.3) is 10.4 Å². The molecule has 0 saturated carbocycles. The molecule has 0 saturated heterocycles. The number of aromatic nitrogens is 2. The summed E-state index contributed by atoms with van der Waals surface area (Å²) in [5, 5.41) is 10.3. The van der Waals surface area contributed by atoms with Crippen molar-refractivity contribution in [2.75, 3.05) is 13.1 Å². The summed E-state index contributed by atoms with van der Waals surface area (Å²) in [4.78, 5) is 14.4. The van der Waals surface area contributed by atoms with Crippen LogP contribution in [-0.2, 0) is 7.05 Å². The number of nitrogens with zero attached hydrogens (tertiary/aromatic N) is 5. The lowest BCUT2D eigenvalue weighted by molar-refractivity contribution is 0.0952. The second-order valence-corrected chi connectivity index (χ2v) is 3.72. The van der Waals surface area contributed by atoms with E-state index in [-0.39, 0.29) is 5.91 Å². The van der Waals surface area contributed by atoms with Crippen molar-refractivity contribution >= 4 is 5.91 Å². The fourth-order valence-corrected chi connectivity index (χ4v) is 1.47. The van der Waals surface area contributed by atoms with Crippen molar-refractivity contribution in [1.29, 1.82) is 0 Å². The molecular formula is C10H16N6O. The normalized spacial score (nSPS) is 9.76. The van der Waals surface area contributed by atoms with E-state index in [1.807, 2.05) is 0 Å². The standard InChI is InChI=1S/C10H16N6O/c1-8-9(7-16(2)14-8)10(17)12-5-3-4-6-13-15-11/h7H,3-6H2,1-2H3,(H,12,17). The molecule has 0 radical (unpaired) electrons. The zero-order valence-electron chi connectivity index (χ0n) is 10.1. The molecule has 1 heterocycles. The summed E-state index contributed by atoms with van der Waals surface area (Å²) in [5.41, 5.74) is 9.39. The van der Waals surface area contributed by atoms with E-state index in [1.54, 1.807) is 24.9 Å². The highest BCUT2D eigenvalue weighted by Crippen LogP contribution is 2.04. The monoisotopic (exact) mass is 236 g/mol. The first-order chi connectivity index (χ1) is 8.15. The van der Waals surface area contributed by atoms with Crippen LogP contribution in [0, 0.1) is 6.92 Å². The van der Waals surface area contributed by atoms with E-state index in [1.165, 1.54) is 0 Å². The summed E-state index contributed by atoms with van der Waals surface area (Å²) in [6, 6.07) is 0. The van der Waals surface area contributed by atoms with Gasteiger partial charge in [-0.1, -0.05) is 5.11 Å². The van der Waals surface area contributed by atoms with E-state index < -0.39 is 0 Å². The number of rotatable bonds is 6. The number of hydrogen-bond donors (Lipinski definition) is 1. The van der Waals surface area contributed by atoms with Gasteiger partial charge in [-0.05, 0) is 25.3 Å². The number of unbranched alkanes of at least 4 members (excludes halogenated alkanes) is 1. The molecule has 0 fully saturated rings. The maximum Gasteiger partial charge on any atom is 0.254 e. The van der Waals surface area contributed by atoms with Crippen molar-refractivity contribution in [1.82, 2.24) is 15.1 Å². The van der Waals surface area contributed by atoms with Gasteiger partial charge in [0.15, 0.2) is 0 Å². The Morgan fingerprint density at radius 3 is 3.00 bits per heavy atom. The van der Waals surface area contributed by atoms with Crippen LogP contribution in [-0.4, -0.2) is 28.8 Å². The molecule has 17 heavy (non-hydrogen) atoms. The Kier molecular flexibility index (Phi) is 5.03. The molecule has 1 aromatic heterocycles. The quantitative estimate of drug-likeness (QED) is 0.351. The minimum absolute atomic E-state index is 0.112. The van der Waals surface area contributed by atoms with Crippen LogP contribution in [0.5, 0.6) is 0 Å². The Bertz CT molecular complexity index is 432. The maximum atomic E-state index is 11.7. The van der Waals surface area contributed by atoms with Crippen molar-refractivity contribution in [3.8, 4) is 0 Å². The summed E-state index contributed by atoms with van der Waals surface area (Å²) in [7, 11) is 1.78. The molecule has 0 atom stereocenters. The summed E-state index contributed by atoms with van der Waals surface area (Å²) in [6.07, 6.45) is 3.27. The van der Waals surface area contributed by atoms with Gasteiger partial charge in [0.25, 0.3) is 5.91 Å². The molecule has 0 aliphatic heterocycles. The molecule has 1 rings (SSSR count). The van der Waals surface area contributed by atoms with Crippen molar-refractivity contribution in [3.63, 3.8) is 0 Å². The summed E-state index contributed by atoms with van der Waals surface area (Å²) in [5.74, 6) is -0.112. The minimum atomic E-state index is -0.112. The van der Waals surface area contributed by atoms with Crippen molar-refractivity contribution in [2.24, 2.45) is 12.2 Å². The smallest absolute Gasteiger partial charge is 0.254 e. The van der Waals surface area contributed by atoms with Gasteiger partial charge >= 0.3 is 0 Å². The SMILES string of the molecule is Cc1nn(C)cc1C(=O)NCCCCN=[N+]=[N-]. The van der Waals surface area contributed by atoms with Crippen molar-refractivity contribution in [2.45, 2.75) is 19.8 Å². The average molecular weight is 236 g/mol. The third-order valence-corrected chi connectivity index (χ3v) is 2.29. The predicted octanol–water partition coefficient (Wildman–Crippen LogP) is 1.55. The number of amides is 1. The van der Waals surface area contributed by atoms with Gasteiger partial charge in [-0.25, -0.2) is 0 Å². The van der Waals surface area contributed by atoms with E-state index in [0.29, 0.717) is 18.7 Å². The topological polar surface area (TPSA) is 95.7 Å². The lowest BCUT2D eigenvalue weighted by Gasteiger charge is -2.02. The van der Waals surface area contributed by atoms with Gasteiger partial charge in [-0.3, -0.25) is 9.48 Å². The first kappa shape index (κ1) is 13.1. The average Bonchev–Trinajstić information content (AvgIpc) is 2.62. The minimum Gasteiger partial charge on any atom is -0.352 e. The van der Waals surface area contributed by atoms with Gasteiger partial charge in [0, 0.05) is 31.2 Å². The first-order valence-corrected chi connectivity index (χ1v) is 5.44. The molecule has 0 unspecified atom stereocenters. The fourth-order valence-electron chi connectivity index (χ4n) is 1.47. The Morgan fingerprint density at radius 2 is 2.41 bits per heavy atom. The Morgan fingerprint density at radius 1 is 1.65 bits per heavy atom. The van der Waals surface area contributed by atoms with E-state index in [0.717, 1.165) is 18.5 Å². The summed E-state index contributed by atoms with van der Waals surface area (Å²) < 4.78 is 1.62. The number of aryl methyl sites for hydroxylation is 2. The Labute approximate surface area is 99.4 Å². The first-order valence-electron chi connectivity index (χ1n) is 5.44. The van der Waals surface area contributed by atoms with Crippen LogP contribution in [0.3, 0.4) is 0 Å². The number of hydrogen-bond acceptors (Lipinski definition) is 3. The molecular weight excluding hydrogens is 220 g/mol. The van der Waals surface area contributed by atoms with Crippen LogP contribution in [0.15, 0.2) is 11.3 Å². The molecule has 1 N–H and O–H groups in total. The van der Waals surface area contributed by atoms with Gasteiger partial charge in [0.1, 0.15) is 0 Å². The zero-order chi connectivity index (χ0) is 12.7. The van der Waals surface area contributed by atoms with E-state index >= 15 is 0 Å². The van der Waals surface area contributed by atoms with Crippen molar-refractivity contribution in [3.05, 3.63) is 27.9 Å². The molecule has 1 aromatic rings. The highest BCUT2D eigenvalue weighted by molar-refractivity contribution is 5.94. The third-order valence-electron chi connectivity index (χ3n) is 2.29. The van der Waals surface area contributed by atoms with Crippen LogP contribution in [0.4, 0.5) is 0 Å². The van der Waals surface area contributed by atoms with E-state index in [4.69, 9.17) is 5.53 Å². The van der Waals surface area contributed by atoms with E-state index in [9.17, 15) is 4.79 Å². The second-order valence-electron chi connectivity index (χ2n) is 3.72. The molecule has 92 valence electrons.